The van der Waals surface area contributed by atoms with Crippen LogP contribution in [0.15, 0.2) is 84.0 Å². The third-order valence-corrected chi connectivity index (χ3v) is 6.02. The van der Waals surface area contributed by atoms with E-state index in [0.29, 0.717) is 33.0 Å². The van der Waals surface area contributed by atoms with E-state index in [9.17, 15) is 4.79 Å². The minimum absolute atomic E-state index is 0.224. The van der Waals surface area contributed by atoms with Crippen molar-refractivity contribution in [3.8, 4) is 28.3 Å². The predicted molar refractivity (Wildman–Crippen MR) is 133 cm³/mol. The average molecular weight is 477 g/mol. The molecule has 6 nitrogen and oxygen atoms in total. The summed E-state index contributed by atoms with van der Waals surface area (Å²) >= 11 is 7.30. The van der Waals surface area contributed by atoms with Gasteiger partial charge in [0.25, 0.3) is 0 Å². The van der Waals surface area contributed by atoms with Gasteiger partial charge in [-0.05, 0) is 25.1 Å². The zero-order chi connectivity index (χ0) is 23.2. The van der Waals surface area contributed by atoms with E-state index < -0.39 is 5.25 Å². The molecule has 166 valence electrons. The third kappa shape index (κ3) is 5.50. The van der Waals surface area contributed by atoms with Crippen LogP contribution >= 0.6 is 23.4 Å². The highest BCUT2D eigenvalue weighted by Crippen LogP contribution is 2.32. The van der Waals surface area contributed by atoms with Gasteiger partial charge in [-0.3, -0.25) is 4.79 Å². The van der Waals surface area contributed by atoms with Gasteiger partial charge in [0.15, 0.2) is 0 Å². The fourth-order valence-corrected chi connectivity index (χ4v) is 4.06. The molecule has 0 saturated carbocycles. The van der Waals surface area contributed by atoms with E-state index in [1.807, 2.05) is 60.7 Å². The van der Waals surface area contributed by atoms with Crippen LogP contribution < -0.4 is 10.1 Å². The normalized spacial score (nSPS) is 11.6. The molecule has 0 aliphatic carbocycles. The summed E-state index contributed by atoms with van der Waals surface area (Å²) in [4.78, 5) is 17.6. The van der Waals surface area contributed by atoms with Gasteiger partial charge in [0, 0.05) is 16.1 Å². The second-order valence-electron chi connectivity index (χ2n) is 7.12. The van der Waals surface area contributed by atoms with Crippen LogP contribution in [0.25, 0.3) is 22.5 Å². The number of nitrogens with zero attached hydrogens (tertiary/aromatic N) is 3. The fraction of sp³-hybridized carbons (Fsp3) is 0.120. The molecule has 4 aromatic rings. The second kappa shape index (κ2) is 10.5. The quantitative estimate of drug-likeness (QED) is 0.330. The van der Waals surface area contributed by atoms with Crippen LogP contribution in [-0.2, 0) is 4.79 Å². The maximum absolute atomic E-state index is 12.8. The molecule has 0 aliphatic rings. The van der Waals surface area contributed by atoms with Gasteiger partial charge in [0.2, 0.25) is 11.1 Å². The number of anilines is 1. The van der Waals surface area contributed by atoms with Gasteiger partial charge in [0.05, 0.1) is 18.0 Å². The van der Waals surface area contributed by atoms with E-state index in [-0.39, 0.29) is 5.91 Å². The highest BCUT2D eigenvalue weighted by atomic mass is 35.5. The molecule has 1 atom stereocenters. The molecule has 1 N–H and O–H groups in total. The average Bonchev–Trinajstić information content (AvgIpc) is 2.85. The SMILES string of the molecule is COc1ccc(Cl)cc1NC(=O)C(C)Sc1nnc(-c2ccccc2)c(-c2ccccc2)n1. The first kappa shape index (κ1) is 22.8. The largest absolute Gasteiger partial charge is 0.495 e. The van der Waals surface area contributed by atoms with Crippen molar-refractivity contribution in [3.05, 3.63) is 83.9 Å². The molecule has 0 radical (unpaired) electrons. The summed E-state index contributed by atoms with van der Waals surface area (Å²) in [6, 6.07) is 24.7. The molecule has 3 aromatic carbocycles. The highest BCUT2D eigenvalue weighted by Gasteiger charge is 2.20. The van der Waals surface area contributed by atoms with Gasteiger partial charge in [-0.15, -0.1) is 10.2 Å². The van der Waals surface area contributed by atoms with Gasteiger partial charge >= 0.3 is 0 Å². The van der Waals surface area contributed by atoms with Crippen molar-refractivity contribution in [2.24, 2.45) is 0 Å². The van der Waals surface area contributed by atoms with E-state index in [4.69, 9.17) is 21.3 Å². The fourth-order valence-electron chi connectivity index (χ4n) is 3.17. The van der Waals surface area contributed by atoms with Crippen LogP contribution in [0.2, 0.25) is 5.02 Å². The zero-order valence-corrected chi connectivity index (χ0v) is 19.6. The van der Waals surface area contributed by atoms with Crippen molar-refractivity contribution in [3.63, 3.8) is 0 Å². The maximum atomic E-state index is 12.8. The number of hydrogen-bond acceptors (Lipinski definition) is 6. The Morgan fingerprint density at radius 1 is 0.939 bits per heavy atom. The third-order valence-electron chi connectivity index (χ3n) is 4.83. The summed E-state index contributed by atoms with van der Waals surface area (Å²) in [5, 5.41) is 12.0. The number of rotatable bonds is 7. The molecule has 4 rings (SSSR count). The van der Waals surface area contributed by atoms with Crippen molar-refractivity contribution >= 4 is 35.0 Å². The van der Waals surface area contributed by atoms with Crippen LogP contribution in [0.3, 0.4) is 0 Å². The van der Waals surface area contributed by atoms with Gasteiger partial charge in [-0.1, -0.05) is 84.0 Å². The number of carbonyl (C=O) groups excluding carboxylic acids is 1. The van der Waals surface area contributed by atoms with E-state index >= 15 is 0 Å². The van der Waals surface area contributed by atoms with Crippen molar-refractivity contribution in [1.82, 2.24) is 15.2 Å². The summed E-state index contributed by atoms with van der Waals surface area (Å²) in [5.41, 5.74) is 3.75. The zero-order valence-electron chi connectivity index (χ0n) is 18.0. The van der Waals surface area contributed by atoms with Crippen molar-refractivity contribution < 1.29 is 9.53 Å². The number of carbonyl (C=O) groups is 1. The molecule has 1 heterocycles. The molecule has 0 bridgehead atoms. The number of methoxy groups -OCH3 is 1. The number of hydrogen-bond donors (Lipinski definition) is 1. The molecular weight excluding hydrogens is 456 g/mol. The number of benzene rings is 3. The monoisotopic (exact) mass is 476 g/mol. The lowest BCUT2D eigenvalue weighted by molar-refractivity contribution is -0.115. The molecular formula is C25H21ClN4O2S. The number of amides is 1. The topological polar surface area (TPSA) is 77.0 Å². The molecule has 0 aliphatic heterocycles. The van der Waals surface area contributed by atoms with E-state index in [2.05, 4.69) is 15.5 Å². The molecule has 1 aromatic heterocycles. The number of nitrogens with one attached hydrogen (secondary N) is 1. The lowest BCUT2D eigenvalue weighted by atomic mass is 10.0. The smallest absolute Gasteiger partial charge is 0.237 e. The summed E-state index contributed by atoms with van der Waals surface area (Å²) in [7, 11) is 1.54. The van der Waals surface area contributed by atoms with E-state index in [0.717, 1.165) is 11.1 Å². The summed E-state index contributed by atoms with van der Waals surface area (Å²) in [5.74, 6) is 0.305. The summed E-state index contributed by atoms with van der Waals surface area (Å²) in [6.07, 6.45) is 0. The maximum Gasteiger partial charge on any atom is 0.237 e. The Hall–Kier alpha value is -3.42. The molecule has 0 saturated heterocycles. The van der Waals surface area contributed by atoms with Crippen molar-refractivity contribution in [2.75, 3.05) is 12.4 Å². The predicted octanol–water partition coefficient (Wildman–Crippen LogP) is 5.99. The summed E-state index contributed by atoms with van der Waals surface area (Å²) in [6.45, 7) is 1.79. The first-order valence-electron chi connectivity index (χ1n) is 10.2. The highest BCUT2D eigenvalue weighted by molar-refractivity contribution is 8.00. The van der Waals surface area contributed by atoms with Crippen LogP contribution in [0.4, 0.5) is 5.69 Å². The van der Waals surface area contributed by atoms with Crippen molar-refractivity contribution in [1.29, 1.82) is 0 Å². The van der Waals surface area contributed by atoms with Crippen LogP contribution in [0.5, 0.6) is 5.75 Å². The van der Waals surface area contributed by atoms with E-state index in [1.54, 1.807) is 25.1 Å². The van der Waals surface area contributed by atoms with Crippen LogP contribution in [-0.4, -0.2) is 33.4 Å². The van der Waals surface area contributed by atoms with Crippen LogP contribution in [0, 0.1) is 0 Å². The first-order valence-corrected chi connectivity index (χ1v) is 11.5. The van der Waals surface area contributed by atoms with Gasteiger partial charge in [-0.2, -0.15) is 0 Å². The van der Waals surface area contributed by atoms with Gasteiger partial charge < -0.3 is 10.1 Å². The number of ether oxygens (including phenoxy) is 1. The Kier molecular flexibility index (Phi) is 7.22. The second-order valence-corrected chi connectivity index (χ2v) is 8.86. The summed E-state index contributed by atoms with van der Waals surface area (Å²) < 4.78 is 5.30. The standard InChI is InChI=1S/C25H21ClN4O2S/c1-16(24(31)27-20-15-19(26)13-14-21(20)32-2)33-25-28-22(17-9-5-3-6-10-17)23(29-30-25)18-11-7-4-8-12-18/h3-16H,1-2H3,(H,27,31). The Bertz CT molecular complexity index is 1260. The lowest BCUT2D eigenvalue weighted by Gasteiger charge is -2.14. The molecule has 1 amide bonds. The molecule has 8 heteroatoms. The minimum Gasteiger partial charge on any atom is -0.495 e. The Morgan fingerprint density at radius 2 is 1.58 bits per heavy atom. The molecule has 0 fully saturated rings. The molecule has 0 spiro atoms. The first-order chi connectivity index (χ1) is 16.0. The minimum atomic E-state index is -0.485. The molecule has 33 heavy (non-hydrogen) atoms. The number of halogens is 1. The van der Waals surface area contributed by atoms with Gasteiger partial charge in [-0.25, -0.2) is 4.98 Å². The van der Waals surface area contributed by atoms with E-state index in [1.165, 1.54) is 18.9 Å². The Labute approximate surface area is 201 Å². The van der Waals surface area contributed by atoms with Gasteiger partial charge in [0.1, 0.15) is 17.1 Å². The molecule has 1 unspecified atom stereocenters. The Morgan fingerprint density at radius 3 is 2.21 bits per heavy atom. The van der Waals surface area contributed by atoms with Crippen molar-refractivity contribution in [2.45, 2.75) is 17.3 Å². The number of thioether (sulfide) groups is 1. The lowest BCUT2D eigenvalue weighted by Crippen LogP contribution is -2.23. The number of aromatic nitrogens is 3. The Balaban J connectivity index is 1.59. The van der Waals surface area contributed by atoms with Crippen LogP contribution in [0.1, 0.15) is 6.92 Å².